The van der Waals surface area contributed by atoms with E-state index >= 15 is 0 Å². The van der Waals surface area contributed by atoms with Gasteiger partial charge in [0.15, 0.2) is 0 Å². The second-order valence-corrected chi connectivity index (χ2v) is 7.58. The zero-order valence-corrected chi connectivity index (χ0v) is 15.9. The minimum Gasteiger partial charge on any atom is -0.378 e. The van der Waals surface area contributed by atoms with Crippen molar-refractivity contribution in [1.29, 1.82) is 0 Å². The molecule has 2 aliphatic heterocycles. The van der Waals surface area contributed by atoms with E-state index in [1.807, 2.05) is 41.2 Å². The molecule has 2 aliphatic rings. The summed E-state index contributed by atoms with van der Waals surface area (Å²) in [5.41, 5.74) is 3.40. The molecular formula is C22H25N5O. The van der Waals surface area contributed by atoms with E-state index in [9.17, 15) is 0 Å². The fourth-order valence-corrected chi connectivity index (χ4v) is 4.32. The predicted molar refractivity (Wildman–Crippen MR) is 107 cm³/mol. The Kier molecular flexibility index (Phi) is 4.91. The van der Waals surface area contributed by atoms with Crippen molar-refractivity contribution in [2.75, 3.05) is 32.8 Å². The molecule has 6 heteroatoms. The smallest absolute Gasteiger partial charge is 0.0971 e. The third-order valence-electron chi connectivity index (χ3n) is 5.73. The monoisotopic (exact) mass is 375 g/mol. The van der Waals surface area contributed by atoms with Crippen LogP contribution in [0.25, 0.3) is 5.69 Å². The molecule has 0 aliphatic carbocycles. The van der Waals surface area contributed by atoms with E-state index in [-0.39, 0.29) is 0 Å². The largest absolute Gasteiger partial charge is 0.378 e. The molecule has 0 unspecified atom stereocenters. The summed E-state index contributed by atoms with van der Waals surface area (Å²) in [6, 6.07) is 21.6. The maximum absolute atomic E-state index is 5.97. The SMILES string of the molecule is c1ccc([C@H]2COC[C@H]3CN(Cc4cn(-c5ccccc5)nn4)CCN32)cc1. The van der Waals surface area contributed by atoms with Crippen LogP contribution in [0.15, 0.2) is 66.9 Å². The summed E-state index contributed by atoms with van der Waals surface area (Å²) >= 11 is 0. The lowest BCUT2D eigenvalue weighted by atomic mass is 10.00. The maximum atomic E-state index is 5.97. The van der Waals surface area contributed by atoms with Gasteiger partial charge in [-0.15, -0.1) is 5.10 Å². The molecule has 2 fully saturated rings. The number of fused-ring (bicyclic) bond motifs is 1. The molecule has 28 heavy (non-hydrogen) atoms. The highest BCUT2D eigenvalue weighted by atomic mass is 16.5. The van der Waals surface area contributed by atoms with Gasteiger partial charge in [-0.1, -0.05) is 53.7 Å². The number of benzene rings is 2. The molecular weight excluding hydrogens is 350 g/mol. The van der Waals surface area contributed by atoms with E-state index in [1.54, 1.807) is 0 Å². The van der Waals surface area contributed by atoms with Crippen LogP contribution in [0.3, 0.4) is 0 Å². The Morgan fingerprint density at radius 3 is 2.54 bits per heavy atom. The fourth-order valence-electron chi connectivity index (χ4n) is 4.32. The van der Waals surface area contributed by atoms with E-state index < -0.39 is 0 Å². The molecule has 1 aromatic heterocycles. The Bertz CT molecular complexity index is 898. The molecule has 0 bridgehead atoms. The Balaban J connectivity index is 1.25. The normalized spacial score (nSPS) is 23.4. The van der Waals surface area contributed by atoms with Crippen molar-refractivity contribution < 1.29 is 4.74 Å². The minimum absolute atomic E-state index is 0.362. The summed E-state index contributed by atoms with van der Waals surface area (Å²) in [6.45, 7) is 5.51. The van der Waals surface area contributed by atoms with Crippen LogP contribution in [0.2, 0.25) is 0 Å². The van der Waals surface area contributed by atoms with Crippen molar-refractivity contribution in [3.05, 3.63) is 78.1 Å². The van der Waals surface area contributed by atoms with E-state index in [0.717, 1.165) is 50.8 Å². The summed E-state index contributed by atoms with van der Waals surface area (Å²) in [5.74, 6) is 0. The van der Waals surface area contributed by atoms with Crippen molar-refractivity contribution >= 4 is 0 Å². The van der Waals surface area contributed by atoms with Gasteiger partial charge in [-0.2, -0.15) is 0 Å². The van der Waals surface area contributed by atoms with Gasteiger partial charge in [-0.05, 0) is 17.7 Å². The standard InChI is InChI=1S/C22H25N5O/c1-3-7-18(8-4-1)22-17-28-16-21-15-25(11-12-26(21)22)13-19-14-27(24-23-19)20-9-5-2-6-10-20/h1-10,14,21-22H,11-13,15-17H2/t21-,22-/m1/s1. The van der Waals surface area contributed by atoms with Crippen LogP contribution in [0.1, 0.15) is 17.3 Å². The van der Waals surface area contributed by atoms with Gasteiger partial charge in [-0.25, -0.2) is 4.68 Å². The highest BCUT2D eigenvalue weighted by molar-refractivity contribution is 5.30. The summed E-state index contributed by atoms with van der Waals surface area (Å²) in [7, 11) is 0. The number of aromatic nitrogens is 3. The van der Waals surface area contributed by atoms with Gasteiger partial charge in [0, 0.05) is 32.2 Å². The molecule has 0 N–H and O–H groups in total. The van der Waals surface area contributed by atoms with E-state index in [0.29, 0.717) is 12.1 Å². The van der Waals surface area contributed by atoms with Gasteiger partial charge in [-0.3, -0.25) is 9.80 Å². The molecule has 6 nitrogen and oxygen atoms in total. The van der Waals surface area contributed by atoms with Crippen molar-refractivity contribution in [1.82, 2.24) is 24.8 Å². The zero-order valence-electron chi connectivity index (χ0n) is 15.9. The highest BCUT2D eigenvalue weighted by Gasteiger charge is 2.36. The quantitative estimate of drug-likeness (QED) is 0.701. The number of hydrogen-bond acceptors (Lipinski definition) is 5. The first-order valence-corrected chi connectivity index (χ1v) is 9.94. The van der Waals surface area contributed by atoms with Crippen molar-refractivity contribution in [3.8, 4) is 5.69 Å². The van der Waals surface area contributed by atoms with Crippen molar-refractivity contribution in [2.45, 2.75) is 18.6 Å². The first-order valence-electron chi connectivity index (χ1n) is 9.94. The fraction of sp³-hybridized carbons (Fsp3) is 0.364. The van der Waals surface area contributed by atoms with Gasteiger partial charge in [0.1, 0.15) is 0 Å². The predicted octanol–water partition coefficient (Wildman–Crippen LogP) is 2.53. The first-order chi connectivity index (χ1) is 13.9. The van der Waals surface area contributed by atoms with Gasteiger partial charge >= 0.3 is 0 Å². The summed E-state index contributed by atoms with van der Waals surface area (Å²) in [4.78, 5) is 5.09. The van der Waals surface area contributed by atoms with E-state index in [4.69, 9.17) is 4.74 Å². The lowest BCUT2D eigenvalue weighted by Crippen LogP contribution is -2.58. The van der Waals surface area contributed by atoms with E-state index in [2.05, 4.69) is 50.4 Å². The van der Waals surface area contributed by atoms with Crippen LogP contribution in [0, 0.1) is 0 Å². The lowest BCUT2D eigenvalue weighted by Gasteiger charge is -2.48. The number of hydrogen-bond donors (Lipinski definition) is 0. The van der Waals surface area contributed by atoms with Crippen LogP contribution in [-0.4, -0.2) is 63.7 Å². The van der Waals surface area contributed by atoms with Crippen LogP contribution < -0.4 is 0 Å². The number of rotatable bonds is 4. The number of nitrogens with zero attached hydrogens (tertiary/aromatic N) is 5. The minimum atomic E-state index is 0.362. The Morgan fingerprint density at radius 2 is 1.71 bits per heavy atom. The average molecular weight is 375 g/mol. The van der Waals surface area contributed by atoms with Crippen LogP contribution in [-0.2, 0) is 11.3 Å². The van der Waals surface area contributed by atoms with Gasteiger partial charge < -0.3 is 4.74 Å². The number of ether oxygens (including phenoxy) is 1. The molecule has 144 valence electrons. The summed E-state index contributed by atoms with van der Waals surface area (Å²) < 4.78 is 7.81. The third kappa shape index (κ3) is 3.58. The van der Waals surface area contributed by atoms with Crippen molar-refractivity contribution in [2.24, 2.45) is 0 Å². The molecule has 0 amide bonds. The topological polar surface area (TPSA) is 46.4 Å². The van der Waals surface area contributed by atoms with Crippen LogP contribution >= 0.6 is 0 Å². The molecule has 5 rings (SSSR count). The molecule has 0 radical (unpaired) electrons. The molecule has 3 heterocycles. The molecule has 3 aromatic rings. The van der Waals surface area contributed by atoms with Gasteiger partial charge in [0.25, 0.3) is 0 Å². The Morgan fingerprint density at radius 1 is 0.929 bits per heavy atom. The number of piperazine rings is 1. The second-order valence-electron chi connectivity index (χ2n) is 7.58. The zero-order chi connectivity index (χ0) is 18.8. The van der Waals surface area contributed by atoms with E-state index in [1.165, 1.54) is 5.56 Å². The van der Waals surface area contributed by atoms with Crippen LogP contribution in [0.5, 0.6) is 0 Å². The summed E-state index contributed by atoms with van der Waals surface area (Å²) in [5, 5.41) is 8.67. The molecule has 2 aromatic carbocycles. The first kappa shape index (κ1) is 17.6. The number of para-hydroxylation sites is 1. The molecule has 2 saturated heterocycles. The molecule has 2 atom stereocenters. The van der Waals surface area contributed by atoms with Gasteiger partial charge in [0.2, 0.25) is 0 Å². The average Bonchev–Trinajstić information content (AvgIpc) is 3.23. The number of morpholine rings is 1. The highest BCUT2D eigenvalue weighted by Crippen LogP contribution is 2.29. The second kappa shape index (κ2) is 7.83. The molecule has 0 saturated carbocycles. The lowest BCUT2D eigenvalue weighted by molar-refractivity contribution is -0.0837. The maximum Gasteiger partial charge on any atom is 0.0971 e. The van der Waals surface area contributed by atoms with Crippen molar-refractivity contribution in [3.63, 3.8) is 0 Å². The Labute approximate surface area is 165 Å². The Hall–Kier alpha value is -2.54. The molecule has 0 spiro atoms. The third-order valence-corrected chi connectivity index (χ3v) is 5.73. The van der Waals surface area contributed by atoms with Gasteiger partial charge in [0.05, 0.1) is 36.8 Å². The van der Waals surface area contributed by atoms with Crippen LogP contribution in [0.4, 0.5) is 0 Å². The summed E-state index contributed by atoms with van der Waals surface area (Å²) in [6.07, 6.45) is 2.03.